The predicted octanol–water partition coefficient (Wildman–Crippen LogP) is 0.128. The van der Waals surface area contributed by atoms with Gasteiger partial charge in [-0.2, -0.15) is 0 Å². The Balaban J connectivity index is 2.23. The van der Waals surface area contributed by atoms with Crippen LogP contribution in [-0.4, -0.2) is 60.1 Å². The summed E-state index contributed by atoms with van der Waals surface area (Å²) in [6.45, 7) is 6.18. The number of hydrogen-bond donors (Lipinski definition) is 5. The average molecular weight is 381 g/mol. The quantitative estimate of drug-likeness (QED) is 0.185. The molecule has 10 nitrogen and oxygen atoms in total. The van der Waals surface area contributed by atoms with E-state index < -0.39 is 0 Å². The monoisotopic (exact) mass is 381 g/mol. The SMILES string of the molecule is CC(C)OCCCCNC(=O)c1ncc(C(=O)NCCCCN=C(N)N)[nH]1. The van der Waals surface area contributed by atoms with Crippen LogP contribution in [0.15, 0.2) is 11.2 Å². The second-order valence-electron chi connectivity index (χ2n) is 6.30. The molecule has 0 aliphatic heterocycles. The third-order valence-electron chi connectivity index (χ3n) is 3.51. The number of amides is 2. The highest BCUT2D eigenvalue weighted by Gasteiger charge is 2.13. The Labute approximate surface area is 159 Å². The number of guanidine groups is 1. The van der Waals surface area contributed by atoms with Gasteiger partial charge in [0, 0.05) is 26.2 Å². The number of nitrogens with one attached hydrogen (secondary N) is 3. The van der Waals surface area contributed by atoms with Crippen LogP contribution in [0.5, 0.6) is 0 Å². The van der Waals surface area contributed by atoms with Gasteiger partial charge in [0.25, 0.3) is 11.8 Å². The van der Waals surface area contributed by atoms with Gasteiger partial charge in [0.2, 0.25) is 0 Å². The summed E-state index contributed by atoms with van der Waals surface area (Å²) in [4.78, 5) is 34.6. The predicted molar refractivity (Wildman–Crippen MR) is 103 cm³/mol. The summed E-state index contributed by atoms with van der Waals surface area (Å²) in [7, 11) is 0. The Hall–Kier alpha value is -2.62. The van der Waals surface area contributed by atoms with Crippen LogP contribution < -0.4 is 22.1 Å². The number of carbonyl (C=O) groups is 2. The Bertz CT molecular complexity index is 609. The highest BCUT2D eigenvalue weighted by molar-refractivity contribution is 5.95. The Morgan fingerprint density at radius 1 is 1.15 bits per heavy atom. The first-order valence-corrected chi connectivity index (χ1v) is 9.18. The van der Waals surface area contributed by atoms with Crippen molar-refractivity contribution < 1.29 is 14.3 Å². The molecule has 0 atom stereocenters. The summed E-state index contributed by atoms with van der Waals surface area (Å²) in [6, 6.07) is 0. The summed E-state index contributed by atoms with van der Waals surface area (Å²) in [5.41, 5.74) is 10.7. The summed E-state index contributed by atoms with van der Waals surface area (Å²) >= 11 is 0. The topological polar surface area (TPSA) is 161 Å². The van der Waals surface area contributed by atoms with Crippen molar-refractivity contribution in [1.82, 2.24) is 20.6 Å². The molecule has 1 heterocycles. The third kappa shape index (κ3) is 10.2. The lowest BCUT2D eigenvalue weighted by molar-refractivity contribution is 0.0754. The van der Waals surface area contributed by atoms with Crippen LogP contribution in [0.4, 0.5) is 0 Å². The van der Waals surface area contributed by atoms with Crippen molar-refractivity contribution in [2.24, 2.45) is 16.5 Å². The molecule has 0 aromatic carbocycles. The van der Waals surface area contributed by atoms with Gasteiger partial charge in [0.15, 0.2) is 11.8 Å². The fraction of sp³-hybridized carbons (Fsp3) is 0.647. The van der Waals surface area contributed by atoms with Gasteiger partial charge in [-0.3, -0.25) is 14.6 Å². The van der Waals surface area contributed by atoms with Gasteiger partial charge in [-0.1, -0.05) is 0 Å². The third-order valence-corrected chi connectivity index (χ3v) is 3.51. The number of nitrogens with zero attached hydrogens (tertiary/aromatic N) is 2. The molecule has 1 rings (SSSR count). The molecule has 0 aliphatic carbocycles. The second kappa shape index (κ2) is 12.7. The summed E-state index contributed by atoms with van der Waals surface area (Å²) in [5, 5.41) is 5.51. The molecular weight excluding hydrogens is 350 g/mol. The number of imidazole rings is 1. The summed E-state index contributed by atoms with van der Waals surface area (Å²) in [6.07, 6.45) is 4.74. The van der Waals surface area contributed by atoms with Gasteiger partial charge < -0.3 is 31.8 Å². The fourth-order valence-corrected chi connectivity index (χ4v) is 2.13. The van der Waals surface area contributed by atoms with Crippen LogP contribution in [0.2, 0.25) is 0 Å². The number of rotatable bonds is 13. The molecular formula is C17H31N7O3. The molecule has 0 unspecified atom stereocenters. The van der Waals surface area contributed by atoms with Crippen molar-refractivity contribution in [3.8, 4) is 0 Å². The highest BCUT2D eigenvalue weighted by atomic mass is 16.5. The van der Waals surface area contributed by atoms with E-state index in [1.54, 1.807) is 0 Å². The Kier molecular flexibility index (Phi) is 10.5. The Morgan fingerprint density at radius 3 is 2.48 bits per heavy atom. The minimum Gasteiger partial charge on any atom is -0.379 e. The zero-order valence-corrected chi connectivity index (χ0v) is 16.1. The van der Waals surface area contributed by atoms with Gasteiger partial charge in [0.05, 0.1) is 12.3 Å². The van der Waals surface area contributed by atoms with Crippen molar-refractivity contribution >= 4 is 17.8 Å². The van der Waals surface area contributed by atoms with Crippen molar-refractivity contribution in [2.45, 2.75) is 45.6 Å². The molecule has 2 amide bonds. The maximum absolute atomic E-state index is 12.0. The summed E-state index contributed by atoms with van der Waals surface area (Å²) in [5.74, 6) is -0.470. The zero-order valence-electron chi connectivity index (χ0n) is 16.1. The second-order valence-corrected chi connectivity index (χ2v) is 6.30. The van der Waals surface area contributed by atoms with Crippen LogP contribution in [0.1, 0.15) is 60.6 Å². The van der Waals surface area contributed by atoms with E-state index in [1.165, 1.54) is 6.20 Å². The number of aromatic amines is 1. The maximum Gasteiger partial charge on any atom is 0.287 e. The lowest BCUT2D eigenvalue weighted by Gasteiger charge is -2.07. The maximum atomic E-state index is 12.0. The van der Waals surface area contributed by atoms with Gasteiger partial charge in [0.1, 0.15) is 5.69 Å². The number of carbonyl (C=O) groups excluding carboxylic acids is 2. The van der Waals surface area contributed by atoms with Gasteiger partial charge in [-0.25, -0.2) is 4.98 Å². The standard InChI is InChI=1S/C17H31N7O3/c1-12(2)27-10-6-5-8-21-16(26)14-23-11-13(24-14)15(25)20-7-3-4-9-22-17(18)19/h11-12H,3-10H2,1-2H3,(H,20,25)(H,21,26)(H,23,24)(H4,18,19,22). The molecule has 0 aliphatic rings. The molecule has 0 radical (unpaired) electrons. The van der Waals surface area contributed by atoms with Crippen LogP contribution in [0, 0.1) is 0 Å². The van der Waals surface area contributed by atoms with Crippen LogP contribution >= 0.6 is 0 Å². The number of hydrogen-bond acceptors (Lipinski definition) is 5. The van der Waals surface area contributed by atoms with E-state index in [9.17, 15) is 9.59 Å². The number of ether oxygens (including phenoxy) is 1. The first-order chi connectivity index (χ1) is 12.9. The average Bonchev–Trinajstić information content (AvgIpc) is 3.10. The molecule has 0 fully saturated rings. The van der Waals surface area contributed by atoms with E-state index in [1.807, 2.05) is 13.8 Å². The van der Waals surface area contributed by atoms with Crippen molar-refractivity contribution in [2.75, 3.05) is 26.2 Å². The molecule has 152 valence electrons. The largest absolute Gasteiger partial charge is 0.379 e. The number of unbranched alkanes of at least 4 members (excludes halogenated alkanes) is 2. The van der Waals surface area contributed by atoms with Gasteiger partial charge in [-0.15, -0.1) is 0 Å². The van der Waals surface area contributed by atoms with E-state index in [2.05, 4.69) is 25.6 Å². The van der Waals surface area contributed by atoms with Crippen LogP contribution in [-0.2, 0) is 4.74 Å². The van der Waals surface area contributed by atoms with Gasteiger partial charge in [-0.05, 0) is 39.5 Å². The zero-order chi connectivity index (χ0) is 20.1. The minimum atomic E-state index is -0.337. The molecule has 0 spiro atoms. The van der Waals surface area contributed by atoms with Crippen molar-refractivity contribution in [3.05, 3.63) is 17.7 Å². The molecule has 1 aromatic heterocycles. The lowest BCUT2D eigenvalue weighted by Crippen LogP contribution is -2.27. The molecule has 10 heteroatoms. The van der Waals surface area contributed by atoms with Crippen LogP contribution in [0.3, 0.4) is 0 Å². The summed E-state index contributed by atoms with van der Waals surface area (Å²) < 4.78 is 5.43. The van der Waals surface area contributed by atoms with E-state index in [4.69, 9.17) is 16.2 Å². The highest BCUT2D eigenvalue weighted by Crippen LogP contribution is 1.99. The van der Waals surface area contributed by atoms with E-state index in [0.717, 1.165) is 25.7 Å². The first kappa shape index (κ1) is 22.4. The van der Waals surface area contributed by atoms with Gasteiger partial charge >= 0.3 is 0 Å². The molecule has 0 bridgehead atoms. The number of H-pyrrole nitrogens is 1. The molecule has 0 saturated heterocycles. The lowest BCUT2D eigenvalue weighted by atomic mass is 10.3. The molecule has 1 aromatic rings. The molecule has 27 heavy (non-hydrogen) atoms. The normalized spacial score (nSPS) is 10.6. The number of aliphatic imine (C=N–C) groups is 1. The smallest absolute Gasteiger partial charge is 0.287 e. The van der Waals surface area contributed by atoms with E-state index >= 15 is 0 Å². The Morgan fingerprint density at radius 2 is 1.81 bits per heavy atom. The minimum absolute atomic E-state index is 0.0613. The van der Waals surface area contributed by atoms with E-state index in [-0.39, 0.29) is 35.4 Å². The van der Waals surface area contributed by atoms with Crippen molar-refractivity contribution in [3.63, 3.8) is 0 Å². The molecule has 7 N–H and O–H groups in total. The van der Waals surface area contributed by atoms with Crippen LogP contribution in [0.25, 0.3) is 0 Å². The first-order valence-electron chi connectivity index (χ1n) is 9.18. The molecule has 0 saturated carbocycles. The number of aromatic nitrogens is 2. The van der Waals surface area contributed by atoms with Crippen molar-refractivity contribution in [1.29, 1.82) is 0 Å². The fourth-order valence-electron chi connectivity index (χ4n) is 2.13. The number of nitrogens with two attached hydrogens (primary N) is 2. The van der Waals surface area contributed by atoms with E-state index in [0.29, 0.717) is 26.2 Å².